The van der Waals surface area contributed by atoms with Crippen molar-refractivity contribution in [3.8, 4) is 0 Å². The zero-order valence-electron chi connectivity index (χ0n) is 26.4. The third-order valence-corrected chi connectivity index (χ3v) is 13.5. The number of aliphatic hydroxyl groups is 1. The fraction of sp³-hybridized carbons (Fsp3) is 0.485. The van der Waals surface area contributed by atoms with Gasteiger partial charge in [0.2, 0.25) is 0 Å². The van der Waals surface area contributed by atoms with Gasteiger partial charge in [0.15, 0.2) is 0 Å². The number of aromatic nitrogens is 1. The molecule has 0 saturated carbocycles. The second kappa shape index (κ2) is 12.8. The summed E-state index contributed by atoms with van der Waals surface area (Å²) in [7, 11) is 0. The monoisotopic (exact) mass is 759 g/mol. The van der Waals surface area contributed by atoms with Gasteiger partial charge in [-0.05, 0) is 20.8 Å². The maximum atomic E-state index is 14.1. The molecule has 0 spiro atoms. The molecule has 1 fully saturated rings. The van der Waals surface area contributed by atoms with Gasteiger partial charge in [-0.2, -0.15) is 0 Å². The van der Waals surface area contributed by atoms with Crippen LogP contribution in [0.25, 0.3) is 10.9 Å². The molecule has 2 unspecified atom stereocenters. The van der Waals surface area contributed by atoms with Crippen LogP contribution >= 0.6 is 0 Å². The molecule has 5 rings (SSSR count). The summed E-state index contributed by atoms with van der Waals surface area (Å²) >= 11 is -1.68. The molecule has 250 valence electrons. The number of benzene rings is 2. The van der Waals surface area contributed by atoms with Crippen LogP contribution < -0.4 is 4.90 Å². The predicted octanol–water partition coefficient (Wildman–Crippen LogP) is 5.89. The van der Waals surface area contributed by atoms with E-state index in [1.54, 1.807) is 10.8 Å². The van der Waals surface area contributed by atoms with E-state index in [4.69, 9.17) is 4.74 Å². The van der Waals surface area contributed by atoms with E-state index in [1.807, 2.05) is 45.0 Å². The van der Waals surface area contributed by atoms with Gasteiger partial charge in [0.1, 0.15) is 0 Å². The van der Waals surface area contributed by atoms with E-state index in [2.05, 4.69) is 16.0 Å². The molecule has 13 heteroatoms. The molecule has 46 heavy (non-hydrogen) atoms. The van der Waals surface area contributed by atoms with Gasteiger partial charge in [0, 0.05) is 0 Å². The Balaban J connectivity index is 1.56. The Bertz CT molecular complexity index is 1590. The van der Waals surface area contributed by atoms with Crippen LogP contribution in [0.2, 0.25) is 9.88 Å². The number of halogens is 6. The minimum absolute atomic E-state index is 0.0251. The van der Waals surface area contributed by atoms with Crippen molar-refractivity contribution in [2.24, 2.45) is 0 Å². The molecule has 3 heterocycles. The number of rotatable bonds is 6. The zero-order chi connectivity index (χ0) is 33.8. The number of hydrogen-bond donors (Lipinski definition) is 2. The van der Waals surface area contributed by atoms with E-state index in [1.165, 1.54) is 13.4 Å². The third kappa shape index (κ3) is 7.60. The van der Waals surface area contributed by atoms with Crippen molar-refractivity contribution in [1.29, 1.82) is 0 Å². The molecule has 2 aliphatic rings. The molecule has 1 saturated heterocycles. The molecule has 1 amide bonds. The molecular weight excluding hydrogens is 719 g/mol. The number of fused-ring (bicyclic) bond motifs is 2. The molecular formula is C33H39F6N3O3Sn. The Hall–Kier alpha value is -2.55. The van der Waals surface area contributed by atoms with Crippen LogP contribution in [0.15, 0.2) is 58.3 Å². The second-order valence-electron chi connectivity index (χ2n) is 13.4. The van der Waals surface area contributed by atoms with Crippen LogP contribution in [0.1, 0.15) is 60.7 Å². The molecule has 2 N–H and O–H groups in total. The molecule has 6 nitrogen and oxygen atoms in total. The number of quaternary nitrogens is 1. The van der Waals surface area contributed by atoms with Crippen molar-refractivity contribution >= 4 is 36.6 Å². The van der Waals surface area contributed by atoms with Gasteiger partial charge in [-0.3, -0.25) is 0 Å². The Labute approximate surface area is 271 Å². The summed E-state index contributed by atoms with van der Waals surface area (Å²) in [5, 5.41) is 11.8. The third-order valence-electron chi connectivity index (χ3n) is 8.71. The van der Waals surface area contributed by atoms with E-state index >= 15 is 0 Å². The topological polar surface area (TPSA) is 59.1 Å². The van der Waals surface area contributed by atoms with Crippen LogP contribution in [-0.4, -0.2) is 77.6 Å². The van der Waals surface area contributed by atoms with Crippen LogP contribution in [-0.2, 0) is 23.5 Å². The molecule has 0 radical (unpaired) electrons. The van der Waals surface area contributed by atoms with Gasteiger partial charge in [0.25, 0.3) is 0 Å². The minimum atomic E-state index is -5.07. The number of nitrogens with one attached hydrogen (secondary N) is 1. The van der Waals surface area contributed by atoms with Gasteiger partial charge in [-0.15, -0.1) is 0 Å². The summed E-state index contributed by atoms with van der Waals surface area (Å²) in [6, 6.07) is 7.91. The standard InChI is InChI=1S/C31H32F6N3O3.2CH3.Sn/c1-29(2,3)43-28(42)40-16-20(25-9-4-5-10-26(25)40)14-24-17-38-11-7-6-8-23(38)18-39(24)27(41)19-12-21(30(32,33)34)15-22(13-19)31(35,36)37;;;/h4-6,9-10,12-13,15-16,23-24,28,42H,8,11,14,17-18H2,1-3H3;2*1H3;/q;;;-1/p+1/t23-,24-,28?;;;/m1.../s1. The summed E-state index contributed by atoms with van der Waals surface area (Å²) in [5.74, 6) is -0.864. The van der Waals surface area contributed by atoms with E-state index < -0.39 is 72.8 Å². The summed E-state index contributed by atoms with van der Waals surface area (Å²) in [5.41, 5.74) is -2.86. The average Bonchev–Trinajstić information content (AvgIpc) is 3.32. The second-order valence-corrected chi connectivity index (χ2v) is 21.0. The number of piperazine rings is 1. The first-order chi connectivity index (χ1) is 21.3. The fourth-order valence-electron chi connectivity index (χ4n) is 6.46. The summed E-state index contributed by atoms with van der Waals surface area (Å²) < 4.78 is 91.2. The van der Waals surface area contributed by atoms with Crippen LogP contribution in [0.4, 0.5) is 26.3 Å². The number of alkyl halides is 6. The Morgan fingerprint density at radius 3 is 2.26 bits per heavy atom. The number of aliphatic hydroxyl groups excluding tert-OH is 1. The summed E-state index contributed by atoms with van der Waals surface area (Å²) in [6.45, 7) is 6.94. The number of carbonyl (C=O) groups excluding carboxylic acids is 1. The predicted molar refractivity (Wildman–Crippen MR) is 164 cm³/mol. The van der Waals surface area contributed by atoms with E-state index in [0.29, 0.717) is 30.6 Å². The first-order valence-electron chi connectivity index (χ1n) is 15.2. The number of ether oxygens (including phenoxy) is 1. The number of para-hydroxylation sites is 1. The van der Waals surface area contributed by atoms with Crippen LogP contribution in [0.3, 0.4) is 0 Å². The molecule has 4 atom stereocenters. The number of hydrogen-bond acceptors (Lipinski definition) is 3. The Morgan fingerprint density at radius 2 is 1.67 bits per heavy atom. The number of carbonyl (C=O) groups is 1. The zero-order valence-corrected chi connectivity index (χ0v) is 29.2. The Morgan fingerprint density at radius 1 is 1.04 bits per heavy atom. The molecule has 0 bridgehead atoms. The van der Waals surface area contributed by atoms with Gasteiger partial charge < -0.3 is 0 Å². The van der Waals surface area contributed by atoms with Crippen LogP contribution in [0, 0.1) is 0 Å². The molecule has 1 aromatic heterocycles. The van der Waals surface area contributed by atoms with Crippen molar-refractivity contribution in [1.82, 2.24) is 9.47 Å². The summed E-state index contributed by atoms with van der Waals surface area (Å²) in [4.78, 5) is 21.4. The molecule has 3 aromatic rings. The molecule has 2 aliphatic heterocycles. The van der Waals surface area contributed by atoms with E-state index in [9.17, 15) is 36.2 Å². The van der Waals surface area contributed by atoms with Crippen molar-refractivity contribution < 1.29 is 45.9 Å². The Kier molecular flexibility index (Phi) is 9.68. The normalized spacial score (nSPS) is 21.6. The van der Waals surface area contributed by atoms with Crippen molar-refractivity contribution in [2.45, 2.75) is 79.9 Å². The van der Waals surface area contributed by atoms with Gasteiger partial charge in [-0.25, -0.2) is 0 Å². The molecule has 2 aromatic carbocycles. The van der Waals surface area contributed by atoms with Crippen molar-refractivity contribution in [3.05, 3.63) is 80.6 Å². The summed E-state index contributed by atoms with van der Waals surface area (Å²) in [6.07, 6.45) is -6.49. The van der Waals surface area contributed by atoms with E-state index in [-0.39, 0.29) is 25.1 Å². The SMILES string of the molecule is [CH3][Sn-]([CH3])[C]1=CC[C@@H]2CN(C(=O)c3cc(C(F)(F)F)cc(C(F)(F)F)c3)[C@H](Cc3cn(C(O)OC(C)(C)C)c4ccccc34)C[NH+]2C1. The average molecular weight is 758 g/mol. The van der Waals surface area contributed by atoms with Crippen molar-refractivity contribution in [2.75, 3.05) is 19.6 Å². The van der Waals surface area contributed by atoms with Gasteiger partial charge in [-0.1, -0.05) is 0 Å². The van der Waals surface area contributed by atoms with Gasteiger partial charge in [0.05, 0.1) is 0 Å². The quantitative estimate of drug-likeness (QED) is 0.188. The fourth-order valence-corrected chi connectivity index (χ4v) is 9.62. The van der Waals surface area contributed by atoms with E-state index in [0.717, 1.165) is 17.5 Å². The van der Waals surface area contributed by atoms with Crippen molar-refractivity contribution in [3.63, 3.8) is 0 Å². The number of amides is 1. The van der Waals surface area contributed by atoms with Gasteiger partial charge >= 0.3 is 251 Å². The first kappa shape index (κ1) is 34.8. The number of nitrogens with zero attached hydrogens (tertiary/aromatic N) is 2. The first-order valence-corrected chi connectivity index (χ1v) is 22.3. The maximum absolute atomic E-state index is 14.1. The van der Waals surface area contributed by atoms with Crippen LogP contribution in [0.5, 0.6) is 0 Å². The molecule has 0 aliphatic carbocycles.